The smallest absolute Gasteiger partial charge is 0.449 e. The van der Waals surface area contributed by atoms with Crippen LogP contribution in [-0.2, 0) is 43.8 Å². The lowest BCUT2D eigenvalue weighted by atomic mass is 9.96. The minimum atomic E-state index is -6.15. The molecule has 0 saturated carbocycles. The molecule has 0 aliphatic carbocycles. The lowest BCUT2D eigenvalue weighted by Crippen LogP contribution is -2.46. The largest absolute Gasteiger partial charge is 0.501 e. The number of anilines is 4. The summed E-state index contributed by atoms with van der Waals surface area (Å²) >= 11 is 7.61. The van der Waals surface area contributed by atoms with Crippen LogP contribution in [0.3, 0.4) is 0 Å². The lowest BCUT2D eigenvalue weighted by Gasteiger charge is -2.37. The van der Waals surface area contributed by atoms with E-state index >= 15 is 4.39 Å². The average molecular weight is 1280 g/mol. The number of likely N-dealkylation sites (tertiary alicyclic amines) is 1. The summed E-state index contributed by atoms with van der Waals surface area (Å²) in [4.78, 5) is 36.7. The molecule has 1 radical (unpaired) electrons. The molecule has 84 heavy (non-hydrogen) atoms. The standard InChI is InChI=1S/C57H65ClF4N6O11PS4/c1-6-52(80(70,71)72)79-56(69)40-22-25-65(26-23-40)27-24-45(36-81-48-10-8-7-9-11-48)63-50-21-20-49(35-51(50)83(75,76)57(60,61)62)84(77,78)64-44-16-18-46(19-17-44)66-28-30-67(31-29-66)47-33-41(32-43(59)34-47)53-54(39-12-14-42(58)15-13-39)68(37(2)3)38(4)55(53)82(5,73)74/h6-21,32-35,37,40,45,52,63-64H,22-31,36H2,1-5H3,(H2,70,71,72). The number of sulfone groups is 2. The maximum atomic E-state index is 15.8. The zero-order valence-electron chi connectivity index (χ0n) is 46.5. The third kappa shape index (κ3) is 15.1. The van der Waals surface area contributed by atoms with Crippen molar-refractivity contribution < 1.29 is 66.7 Å². The van der Waals surface area contributed by atoms with Gasteiger partial charge in [0.1, 0.15) is 10.7 Å². The van der Waals surface area contributed by atoms with Crippen LogP contribution in [-0.4, -0.2) is 126 Å². The molecule has 3 heterocycles. The third-order valence-corrected chi connectivity index (χ3v) is 21.3. The molecule has 17 nitrogen and oxygen atoms in total. The van der Waals surface area contributed by atoms with Crippen molar-refractivity contribution in [2.45, 2.75) is 90.0 Å². The Morgan fingerprint density at radius 1 is 0.833 bits per heavy atom. The summed E-state index contributed by atoms with van der Waals surface area (Å²) < 4.78 is 162. The van der Waals surface area contributed by atoms with Gasteiger partial charge in [-0.25, -0.2) is 29.6 Å². The molecular weight excluding hydrogens is 1220 g/mol. The number of benzene rings is 5. The van der Waals surface area contributed by atoms with Gasteiger partial charge < -0.3 is 39.1 Å². The van der Waals surface area contributed by atoms with E-state index in [0.717, 1.165) is 29.7 Å². The minimum absolute atomic E-state index is 0.0313. The number of hydrogen-bond donors (Lipinski definition) is 4. The van der Waals surface area contributed by atoms with Crippen LogP contribution in [0.4, 0.5) is 40.3 Å². The van der Waals surface area contributed by atoms with E-state index in [1.807, 2.05) is 51.3 Å². The molecule has 0 amide bonds. The molecule has 27 heteroatoms. The molecule has 8 rings (SSSR count). The van der Waals surface area contributed by atoms with Gasteiger partial charge in [-0.15, -0.1) is 11.8 Å². The number of carbonyl (C=O) groups is 1. The summed E-state index contributed by atoms with van der Waals surface area (Å²) in [5.74, 6) is -3.37. The van der Waals surface area contributed by atoms with Crippen molar-refractivity contribution in [3.63, 3.8) is 0 Å². The number of nitrogens with zero attached hydrogens (tertiary/aromatic N) is 4. The number of piperazine rings is 1. The summed E-state index contributed by atoms with van der Waals surface area (Å²) in [6, 6.07) is 28.5. The van der Waals surface area contributed by atoms with Gasteiger partial charge in [0.25, 0.3) is 19.9 Å². The third-order valence-electron chi connectivity index (χ3n) is 14.7. The highest BCUT2D eigenvalue weighted by molar-refractivity contribution is 7.99. The number of nitrogens with one attached hydrogen (secondary N) is 2. The minimum Gasteiger partial charge on any atom is -0.449 e. The van der Waals surface area contributed by atoms with E-state index in [2.05, 4.69) is 10.0 Å². The van der Waals surface area contributed by atoms with Crippen LogP contribution in [0.25, 0.3) is 22.4 Å². The number of esters is 1. The fourth-order valence-electron chi connectivity index (χ4n) is 10.6. The Balaban J connectivity index is 0.963. The molecule has 4 N–H and O–H groups in total. The van der Waals surface area contributed by atoms with Crippen molar-refractivity contribution in [3.05, 3.63) is 138 Å². The van der Waals surface area contributed by atoms with E-state index in [9.17, 15) is 57.6 Å². The van der Waals surface area contributed by atoms with Crippen molar-refractivity contribution in [3.8, 4) is 22.4 Å². The van der Waals surface area contributed by atoms with E-state index in [0.29, 0.717) is 109 Å². The fourth-order valence-corrected chi connectivity index (χ4v) is 15.6. The van der Waals surface area contributed by atoms with Gasteiger partial charge in [-0.05, 0) is 149 Å². The van der Waals surface area contributed by atoms with E-state index in [1.54, 1.807) is 61.5 Å². The molecule has 6 aromatic rings. The van der Waals surface area contributed by atoms with E-state index < -0.39 is 87.9 Å². The number of ether oxygens (including phenoxy) is 1. The van der Waals surface area contributed by atoms with Gasteiger partial charge in [-0.2, -0.15) is 13.2 Å². The number of hydrogen-bond acceptors (Lipinski definition) is 14. The van der Waals surface area contributed by atoms with Crippen LogP contribution in [0.15, 0.2) is 135 Å². The summed E-state index contributed by atoms with van der Waals surface area (Å²) in [6.45, 7) is 9.80. The Morgan fingerprint density at radius 3 is 2.02 bits per heavy atom. The van der Waals surface area contributed by atoms with Gasteiger partial charge >= 0.3 is 19.1 Å². The van der Waals surface area contributed by atoms with Gasteiger partial charge in [0.05, 0.1) is 27.1 Å². The molecule has 5 aromatic carbocycles. The molecule has 2 atom stereocenters. The fraction of sp³-hybridized carbons (Fsp3) is 0.368. The Labute approximate surface area is 496 Å². The highest BCUT2D eigenvalue weighted by atomic mass is 35.5. The van der Waals surface area contributed by atoms with Gasteiger partial charge in [-0.1, -0.05) is 48.9 Å². The first-order valence-corrected chi connectivity index (χ1v) is 34.7. The van der Waals surface area contributed by atoms with Gasteiger partial charge in [0, 0.05) is 101 Å². The number of sulfonamides is 1. The molecule has 453 valence electrons. The summed E-state index contributed by atoms with van der Waals surface area (Å²) in [6.07, 6.45) is 3.12. The Kier molecular flexibility index (Phi) is 20.0. The molecule has 2 saturated heterocycles. The van der Waals surface area contributed by atoms with Crippen molar-refractivity contribution in [2.75, 3.05) is 77.7 Å². The second-order valence-electron chi connectivity index (χ2n) is 20.9. The van der Waals surface area contributed by atoms with Crippen LogP contribution in [0, 0.1) is 25.1 Å². The first kappa shape index (κ1) is 64.4. The van der Waals surface area contributed by atoms with Crippen molar-refractivity contribution in [2.24, 2.45) is 5.92 Å². The van der Waals surface area contributed by atoms with Crippen LogP contribution >= 0.6 is 31.0 Å². The number of alkyl halides is 3. The highest BCUT2D eigenvalue weighted by Gasteiger charge is 2.49. The number of piperidine rings is 1. The summed E-state index contributed by atoms with van der Waals surface area (Å²) in [5.41, 5.74) is -2.46. The van der Waals surface area contributed by atoms with Gasteiger partial charge in [0.2, 0.25) is 5.85 Å². The predicted molar refractivity (Wildman–Crippen MR) is 320 cm³/mol. The van der Waals surface area contributed by atoms with Crippen molar-refractivity contribution in [1.29, 1.82) is 0 Å². The first-order valence-electron chi connectivity index (χ1n) is 26.8. The Hall–Kier alpha value is -5.63. The normalized spacial score (nSPS) is 16.0. The van der Waals surface area contributed by atoms with Gasteiger partial charge in [0.15, 0.2) is 9.84 Å². The molecular formula is C57H65ClF4N6O11PS4. The highest BCUT2D eigenvalue weighted by Crippen LogP contribution is 2.46. The molecule has 0 spiro atoms. The molecule has 2 unspecified atom stereocenters. The van der Waals surface area contributed by atoms with E-state index in [1.165, 1.54) is 43.0 Å². The molecule has 0 bridgehead atoms. The predicted octanol–water partition coefficient (Wildman–Crippen LogP) is 11.3. The monoisotopic (exact) mass is 1280 g/mol. The van der Waals surface area contributed by atoms with Crippen LogP contribution in [0.5, 0.6) is 0 Å². The number of aromatic nitrogens is 1. The van der Waals surface area contributed by atoms with Crippen LogP contribution in [0.1, 0.15) is 51.8 Å². The summed E-state index contributed by atoms with van der Waals surface area (Å²) in [7, 11) is -19.4. The summed E-state index contributed by atoms with van der Waals surface area (Å²) in [5, 5.41) is 3.47. The van der Waals surface area contributed by atoms with Crippen LogP contribution < -0.4 is 19.8 Å². The van der Waals surface area contributed by atoms with Crippen LogP contribution in [0.2, 0.25) is 5.02 Å². The first-order chi connectivity index (χ1) is 39.4. The van der Waals surface area contributed by atoms with Crippen molar-refractivity contribution >= 4 is 89.4 Å². The average Bonchev–Trinajstić information content (AvgIpc) is 1.68. The number of halogens is 5. The lowest BCUT2D eigenvalue weighted by molar-refractivity contribution is -0.151. The zero-order chi connectivity index (χ0) is 61.1. The molecule has 2 fully saturated rings. The van der Waals surface area contributed by atoms with E-state index in [-0.39, 0.29) is 28.8 Å². The molecule has 2 aliphatic rings. The maximum Gasteiger partial charge on any atom is 0.501 e. The Morgan fingerprint density at radius 2 is 1.45 bits per heavy atom. The second kappa shape index (κ2) is 26.1. The van der Waals surface area contributed by atoms with Crippen molar-refractivity contribution in [1.82, 2.24) is 9.47 Å². The van der Waals surface area contributed by atoms with E-state index in [4.69, 9.17) is 16.3 Å². The molecule has 1 aromatic heterocycles. The molecule has 2 aliphatic heterocycles. The quantitative estimate of drug-likeness (QED) is 0.0215. The SMILES string of the molecule is C[CH]C(OC(=O)C1CCN(CCC(CSc2ccccc2)Nc2ccc(S(=O)(=O)Nc3ccc(N4CCN(c5cc(F)cc(-c6c(S(C)(=O)=O)c(C)n(C(C)C)c6-c6ccc(Cl)cc6)c5)CC4)cc3)cc2S(=O)(=O)C(F)(F)F)CC1)P(=O)(O)O. The topological polar surface area (TPSA) is 225 Å². The number of thioether (sulfide) groups is 1. The number of carbonyl (C=O) groups excluding carboxylic acids is 1. The maximum absolute atomic E-state index is 15.8. The number of rotatable bonds is 22. The van der Waals surface area contributed by atoms with Gasteiger partial charge in [-0.3, -0.25) is 14.1 Å². The zero-order valence-corrected chi connectivity index (χ0v) is 51.4. The Bertz CT molecular complexity index is 3730. The second-order valence-corrected chi connectivity index (χ2v) is 29.7.